The van der Waals surface area contributed by atoms with Gasteiger partial charge in [0.15, 0.2) is 5.69 Å². The van der Waals surface area contributed by atoms with Crippen LogP contribution in [0.5, 0.6) is 0 Å². The number of hydrogen-bond donors (Lipinski definition) is 1. The van der Waals surface area contributed by atoms with Gasteiger partial charge in [-0.25, -0.2) is 13.1 Å². The van der Waals surface area contributed by atoms with Crippen LogP contribution in [0.2, 0.25) is 0 Å². The standard InChI is InChI=1S/C19H27N5O3S/c1-12(2)13(3)20-19(25)18-14(4)24(22-21-18)17-8-6-7-15-11-23(28(5,26)27)10-9-16(15)17/h6-8,12-13H,9-11H2,1-5H3,(H,20,25)/t13-/m1/s1. The molecule has 3 rings (SSSR count). The second kappa shape index (κ2) is 7.63. The molecular weight excluding hydrogens is 378 g/mol. The van der Waals surface area contributed by atoms with Crippen molar-refractivity contribution in [1.82, 2.24) is 24.6 Å². The molecule has 1 aromatic carbocycles. The van der Waals surface area contributed by atoms with Gasteiger partial charge in [0, 0.05) is 19.1 Å². The van der Waals surface area contributed by atoms with Crippen molar-refractivity contribution in [2.75, 3.05) is 12.8 Å². The van der Waals surface area contributed by atoms with E-state index in [0.717, 1.165) is 16.8 Å². The Hall–Kier alpha value is -2.26. The lowest BCUT2D eigenvalue weighted by Crippen LogP contribution is -2.36. The molecule has 1 amide bonds. The summed E-state index contributed by atoms with van der Waals surface area (Å²) in [6, 6.07) is 5.76. The number of rotatable bonds is 5. The number of nitrogens with one attached hydrogen (secondary N) is 1. The Labute approximate surface area is 166 Å². The van der Waals surface area contributed by atoms with E-state index in [-0.39, 0.29) is 11.9 Å². The van der Waals surface area contributed by atoms with E-state index in [0.29, 0.717) is 36.8 Å². The van der Waals surface area contributed by atoms with Crippen molar-refractivity contribution in [3.05, 3.63) is 40.7 Å². The van der Waals surface area contributed by atoms with Crippen LogP contribution in [0.15, 0.2) is 18.2 Å². The van der Waals surface area contributed by atoms with Crippen molar-refractivity contribution < 1.29 is 13.2 Å². The number of amides is 1. The number of benzene rings is 1. The lowest BCUT2D eigenvalue weighted by molar-refractivity contribution is 0.0924. The summed E-state index contributed by atoms with van der Waals surface area (Å²) in [4.78, 5) is 12.6. The van der Waals surface area contributed by atoms with Crippen molar-refractivity contribution in [3.8, 4) is 5.69 Å². The highest BCUT2D eigenvalue weighted by molar-refractivity contribution is 7.88. The second-order valence-corrected chi connectivity index (χ2v) is 9.69. The number of hydrogen-bond acceptors (Lipinski definition) is 5. The summed E-state index contributed by atoms with van der Waals surface area (Å²) >= 11 is 0. The molecular formula is C19H27N5O3S. The minimum Gasteiger partial charge on any atom is -0.348 e. The summed E-state index contributed by atoms with van der Waals surface area (Å²) in [5.74, 6) is 0.0798. The lowest BCUT2D eigenvalue weighted by Gasteiger charge is -2.28. The first-order valence-electron chi connectivity index (χ1n) is 9.39. The Bertz CT molecular complexity index is 997. The Morgan fingerprint density at radius 3 is 2.61 bits per heavy atom. The average molecular weight is 406 g/mol. The van der Waals surface area contributed by atoms with Crippen LogP contribution in [-0.4, -0.2) is 52.5 Å². The fraction of sp³-hybridized carbons (Fsp3) is 0.526. The monoisotopic (exact) mass is 405 g/mol. The molecule has 8 nitrogen and oxygen atoms in total. The topological polar surface area (TPSA) is 97.2 Å². The van der Waals surface area contributed by atoms with Crippen LogP contribution < -0.4 is 5.32 Å². The van der Waals surface area contributed by atoms with Crippen LogP contribution in [0.3, 0.4) is 0 Å². The van der Waals surface area contributed by atoms with E-state index in [9.17, 15) is 13.2 Å². The predicted octanol–water partition coefficient (Wildman–Crippen LogP) is 1.67. The van der Waals surface area contributed by atoms with Crippen LogP contribution in [0.25, 0.3) is 5.69 Å². The molecule has 2 aromatic rings. The van der Waals surface area contributed by atoms with Gasteiger partial charge in [-0.1, -0.05) is 31.2 Å². The van der Waals surface area contributed by atoms with Crippen LogP contribution in [0.1, 0.15) is 48.1 Å². The van der Waals surface area contributed by atoms with Gasteiger partial charge in [-0.05, 0) is 43.4 Å². The molecule has 1 atom stereocenters. The van der Waals surface area contributed by atoms with Crippen LogP contribution in [0, 0.1) is 12.8 Å². The fourth-order valence-electron chi connectivity index (χ4n) is 3.25. The van der Waals surface area contributed by atoms with Gasteiger partial charge >= 0.3 is 0 Å². The third kappa shape index (κ3) is 3.95. The summed E-state index contributed by atoms with van der Waals surface area (Å²) in [6.07, 6.45) is 1.82. The van der Waals surface area contributed by atoms with Crippen molar-refractivity contribution in [3.63, 3.8) is 0 Å². The molecule has 1 aromatic heterocycles. The lowest BCUT2D eigenvalue weighted by atomic mass is 9.99. The number of sulfonamides is 1. The van der Waals surface area contributed by atoms with Crippen LogP contribution >= 0.6 is 0 Å². The molecule has 0 spiro atoms. The van der Waals surface area contributed by atoms with E-state index in [4.69, 9.17) is 0 Å². The van der Waals surface area contributed by atoms with Gasteiger partial charge in [-0.3, -0.25) is 4.79 Å². The maximum Gasteiger partial charge on any atom is 0.273 e. The molecule has 152 valence electrons. The molecule has 0 bridgehead atoms. The molecule has 9 heteroatoms. The summed E-state index contributed by atoms with van der Waals surface area (Å²) in [5.41, 5.74) is 3.79. The SMILES string of the molecule is Cc1c(C(=O)N[C@H](C)C(C)C)nnn1-c1cccc2c1CCN(S(C)(=O)=O)C2. The highest BCUT2D eigenvalue weighted by Gasteiger charge is 2.27. The Morgan fingerprint density at radius 2 is 1.96 bits per heavy atom. The number of nitrogens with zero attached hydrogens (tertiary/aromatic N) is 4. The van der Waals surface area contributed by atoms with Crippen LogP contribution in [0.4, 0.5) is 0 Å². The van der Waals surface area contributed by atoms with Gasteiger partial charge in [0.05, 0.1) is 17.6 Å². The molecule has 0 fully saturated rings. The summed E-state index contributed by atoms with van der Waals surface area (Å²) in [5, 5.41) is 11.3. The zero-order valence-electron chi connectivity index (χ0n) is 16.9. The molecule has 0 saturated carbocycles. The smallest absolute Gasteiger partial charge is 0.273 e. The quantitative estimate of drug-likeness (QED) is 0.816. The molecule has 2 heterocycles. The Balaban J connectivity index is 1.92. The molecule has 0 saturated heterocycles. The molecule has 0 radical (unpaired) electrons. The first-order valence-corrected chi connectivity index (χ1v) is 11.2. The van der Waals surface area contributed by atoms with Gasteiger partial charge in [0.1, 0.15) is 0 Å². The van der Waals surface area contributed by atoms with Gasteiger partial charge in [0.2, 0.25) is 10.0 Å². The molecule has 1 aliphatic rings. The second-order valence-electron chi connectivity index (χ2n) is 7.70. The van der Waals surface area contributed by atoms with E-state index in [1.807, 2.05) is 45.9 Å². The molecule has 28 heavy (non-hydrogen) atoms. The van der Waals surface area contributed by atoms with Gasteiger partial charge in [0.25, 0.3) is 5.91 Å². The van der Waals surface area contributed by atoms with Gasteiger partial charge in [-0.15, -0.1) is 5.10 Å². The number of aromatic nitrogens is 3. The largest absolute Gasteiger partial charge is 0.348 e. The number of fused-ring (bicyclic) bond motifs is 1. The fourth-order valence-corrected chi connectivity index (χ4v) is 4.05. The minimum atomic E-state index is -3.23. The first kappa shape index (κ1) is 20.5. The van der Waals surface area contributed by atoms with Crippen molar-refractivity contribution >= 4 is 15.9 Å². The van der Waals surface area contributed by atoms with Crippen molar-refractivity contribution in [2.45, 2.75) is 46.7 Å². The van der Waals surface area contributed by atoms with Crippen LogP contribution in [-0.2, 0) is 23.0 Å². The first-order chi connectivity index (χ1) is 13.1. The predicted molar refractivity (Wildman–Crippen MR) is 107 cm³/mol. The Morgan fingerprint density at radius 1 is 1.25 bits per heavy atom. The normalized spacial score (nSPS) is 16.1. The highest BCUT2D eigenvalue weighted by Crippen LogP contribution is 2.27. The summed E-state index contributed by atoms with van der Waals surface area (Å²) in [7, 11) is -3.23. The van der Waals surface area contributed by atoms with E-state index in [1.54, 1.807) is 4.68 Å². The minimum absolute atomic E-state index is 0.0310. The molecule has 1 N–H and O–H groups in total. The number of carbonyl (C=O) groups is 1. The molecule has 1 aliphatic heterocycles. The van der Waals surface area contributed by atoms with E-state index < -0.39 is 10.0 Å². The summed E-state index contributed by atoms with van der Waals surface area (Å²) in [6.45, 7) is 8.64. The molecule has 0 unspecified atom stereocenters. The van der Waals surface area contributed by atoms with E-state index in [2.05, 4.69) is 15.6 Å². The van der Waals surface area contributed by atoms with Crippen molar-refractivity contribution in [1.29, 1.82) is 0 Å². The maximum atomic E-state index is 12.6. The molecule has 0 aliphatic carbocycles. The van der Waals surface area contributed by atoms with Crippen molar-refractivity contribution in [2.24, 2.45) is 5.92 Å². The van der Waals surface area contributed by atoms with E-state index >= 15 is 0 Å². The third-order valence-electron chi connectivity index (χ3n) is 5.37. The zero-order valence-corrected chi connectivity index (χ0v) is 17.7. The summed E-state index contributed by atoms with van der Waals surface area (Å²) < 4.78 is 26.9. The van der Waals surface area contributed by atoms with E-state index in [1.165, 1.54) is 10.6 Å². The maximum absolute atomic E-state index is 12.6. The zero-order chi connectivity index (χ0) is 20.6. The average Bonchev–Trinajstić information content (AvgIpc) is 3.01. The Kier molecular flexibility index (Phi) is 5.58. The van der Waals surface area contributed by atoms with Gasteiger partial charge in [-0.2, -0.15) is 4.31 Å². The highest BCUT2D eigenvalue weighted by atomic mass is 32.2. The number of carbonyl (C=O) groups excluding carboxylic acids is 1. The van der Waals surface area contributed by atoms with Gasteiger partial charge < -0.3 is 5.32 Å². The third-order valence-corrected chi connectivity index (χ3v) is 6.62.